The summed E-state index contributed by atoms with van der Waals surface area (Å²) >= 11 is 6.77. The molecule has 1 aromatic rings. The van der Waals surface area contributed by atoms with Gasteiger partial charge in [-0.1, -0.05) is 45.7 Å². The van der Waals surface area contributed by atoms with Crippen molar-refractivity contribution in [3.63, 3.8) is 0 Å². The van der Waals surface area contributed by atoms with Crippen LogP contribution in [0.15, 0.2) is 21.1 Å². The van der Waals surface area contributed by atoms with Gasteiger partial charge in [0.2, 0.25) is 0 Å². The zero-order chi connectivity index (χ0) is 9.72. The van der Waals surface area contributed by atoms with E-state index in [4.69, 9.17) is 5.73 Å². The summed E-state index contributed by atoms with van der Waals surface area (Å²) in [5, 5.41) is 0. The summed E-state index contributed by atoms with van der Waals surface area (Å²) in [4.78, 5) is 0. The number of halogens is 2. The predicted octanol–water partition coefficient (Wildman–Crippen LogP) is 4.13. The molecule has 0 bridgehead atoms. The lowest BCUT2D eigenvalue weighted by molar-refractivity contribution is 1.40. The second-order valence-corrected chi connectivity index (χ2v) is 3.82. The summed E-state index contributed by atoms with van der Waals surface area (Å²) in [6.45, 7) is 6.02. The highest BCUT2D eigenvalue weighted by Crippen LogP contribution is 2.26. The fourth-order valence-electron chi connectivity index (χ4n) is 0.665. The first kappa shape index (κ1) is 12.0. The molecule has 2 N–H and O–H groups in total. The number of rotatable bonds is 0. The van der Waals surface area contributed by atoms with E-state index in [-0.39, 0.29) is 0 Å². The third-order valence-electron chi connectivity index (χ3n) is 1.30. The lowest BCUT2D eigenvalue weighted by atomic mass is 10.2. The van der Waals surface area contributed by atoms with Gasteiger partial charge in [0.15, 0.2) is 0 Å². The highest BCUT2D eigenvalue weighted by atomic mass is 79.9. The first-order valence-corrected chi connectivity index (χ1v) is 5.41. The van der Waals surface area contributed by atoms with Crippen LogP contribution in [0, 0.1) is 6.92 Å². The summed E-state index contributed by atoms with van der Waals surface area (Å²) < 4.78 is 2.08. The molecule has 1 nitrogen and oxygen atoms in total. The zero-order valence-corrected chi connectivity index (χ0v) is 10.7. The highest BCUT2D eigenvalue weighted by Gasteiger charge is 1.99. The highest BCUT2D eigenvalue weighted by molar-refractivity contribution is 9.11. The Labute approximate surface area is 90.6 Å². The molecule has 0 heterocycles. The van der Waals surface area contributed by atoms with Crippen molar-refractivity contribution in [2.24, 2.45) is 0 Å². The molecule has 0 amide bonds. The fourth-order valence-corrected chi connectivity index (χ4v) is 1.89. The Bertz CT molecular complexity index is 236. The van der Waals surface area contributed by atoms with Crippen molar-refractivity contribution in [1.29, 1.82) is 0 Å². The van der Waals surface area contributed by atoms with Gasteiger partial charge in [0.25, 0.3) is 0 Å². The summed E-state index contributed by atoms with van der Waals surface area (Å²) in [7, 11) is 0. The van der Waals surface area contributed by atoms with E-state index < -0.39 is 0 Å². The molecule has 1 rings (SSSR count). The summed E-state index contributed by atoms with van der Waals surface area (Å²) in [5.41, 5.74) is 7.51. The van der Waals surface area contributed by atoms with Gasteiger partial charge in [-0.05, 0) is 24.6 Å². The molecule has 0 fully saturated rings. The van der Waals surface area contributed by atoms with Gasteiger partial charge in [0.05, 0.1) is 0 Å². The third kappa shape index (κ3) is 3.15. The lowest BCUT2D eigenvalue weighted by Crippen LogP contribution is -1.86. The van der Waals surface area contributed by atoms with Gasteiger partial charge in [0, 0.05) is 14.6 Å². The monoisotopic (exact) mass is 293 g/mol. The molecule has 0 radical (unpaired) electrons. The van der Waals surface area contributed by atoms with E-state index in [0.29, 0.717) is 0 Å². The molecule has 0 aromatic heterocycles. The van der Waals surface area contributed by atoms with Crippen LogP contribution >= 0.6 is 31.9 Å². The second-order valence-electron chi connectivity index (χ2n) is 2.11. The SMILES string of the molecule is CC.Cc1c(Br)cc(N)cc1Br. The zero-order valence-electron chi connectivity index (χ0n) is 7.49. The maximum absolute atomic E-state index is 5.57. The summed E-state index contributed by atoms with van der Waals surface area (Å²) in [5.74, 6) is 0. The van der Waals surface area contributed by atoms with Crippen LogP contribution in [-0.4, -0.2) is 0 Å². The average molecular weight is 295 g/mol. The largest absolute Gasteiger partial charge is 0.399 e. The number of nitrogens with two attached hydrogens (primary N) is 1. The maximum Gasteiger partial charge on any atom is 0.0336 e. The number of anilines is 1. The van der Waals surface area contributed by atoms with Gasteiger partial charge in [-0.25, -0.2) is 0 Å². The molecule has 0 aliphatic carbocycles. The normalized spacial score (nSPS) is 8.75. The van der Waals surface area contributed by atoms with Crippen LogP contribution in [0.1, 0.15) is 19.4 Å². The number of hydrogen-bond acceptors (Lipinski definition) is 1. The predicted molar refractivity (Wildman–Crippen MR) is 62.3 cm³/mol. The fraction of sp³-hybridized carbons (Fsp3) is 0.333. The first-order valence-electron chi connectivity index (χ1n) is 3.82. The Morgan fingerprint density at radius 3 is 1.75 bits per heavy atom. The Balaban J connectivity index is 0.000000561. The van der Waals surface area contributed by atoms with E-state index >= 15 is 0 Å². The molecule has 0 aliphatic rings. The van der Waals surface area contributed by atoms with E-state index in [9.17, 15) is 0 Å². The van der Waals surface area contributed by atoms with Crippen molar-refractivity contribution in [1.82, 2.24) is 0 Å². The average Bonchev–Trinajstić information content (AvgIpc) is 2.04. The molecule has 3 heteroatoms. The molecule has 12 heavy (non-hydrogen) atoms. The van der Waals surface area contributed by atoms with E-state index in [1.54, 1.807) is 0 Å². The summed E-state index contributed by atoms with van der Waals surface area (Å²) in [6, 6.07) is 3.78. The molecule has 1 aromatic carbocycles. The lowest BCUT2D eigenvalue weighted by Gasteiger charge is -2.01. The van der Waals surface area contributed by atoms with Crippen LogP contribution in [0.4, 0.5) is 5.69 Å². The Kier molecular flexibility index (Phi) is 5.59. The van der Waals surface area contributed by atoms with Crippen LogP contribution in [0.25, 0.3) is 0 Å². The third-order valence-corrected chi connectivity index (χ3v) is 2.95. The van der Waals surface area contributed by atoms with Crippen LogP contribution in [0.2, 0.25) is 0 Å². The molecule has 0 spiro atoms. The minimum atomic E-state index is 0.768. The molecule has 0 aliphatic heterocycles. The number of benzene rings is 1. The van der Waals surface area contributed by atoms with E-state index in [0.717, 1.165) is 14.6 Å². The van der Waals surface area contributed by atoms with Crippen molar-refractivity contribution in [3.05, 3.63) is 26.6 Å². The molecular formula is C9H13Br2N. The van der Waals surface area contributed by atoms with Gasteiger partial charge < -0.3 is 5.73 Å². The van der Waals surface area contributed by atoms with E-state index in [1.807, 2.05) is 32.9 Å². The van der Waals surface area contributed by atoms with Crippen molar-refractivity contribution in [2.75, 3.05) is 5.73 Å². The van der Waals surface area contributed by atoms with Crippen LogP contribution in [-0.2, 0) is 0 Å². The van der Waals surface area contributed by atoms with Gasteiger partial charge in [-0.3, -0.25) is 0 Å². The van der Waals surface area contributed by atoms with Crippen molar-refractivity contribution in [2.45, 2.75) is 20.8 Å². The van der Waals surface area contributed by atoms with Crippen molar-refractivity contribution in [3.8, 4) is 0 Å². The maximum atomic E-state index is 5.57. The second kappa shape index (κ2) is 5.60. The standard InChI is InChI=1S/C7H7Br2N.C2H6/c1-4-6(8)2-5(10)3-7(4)9;1-2/h2-3H,10H2,1H3;1-2H3. The van der Waals surface area contributed by atoms with Crippen molar-refractivity contribution >= 4 is 37.5 Å². The van der Waals surface area contributed by atoms with Gasteiger partial charge in [-0.15, -0.1) is 0 Å². The molecule has 0 atom stereocenters. The van der Waals surface area contributed by atoms with Gasteiger partial charge >= 0.3 is 0 Å². The Morgan fingerprint density at radius 2 is 1.42 bits per heavy atom. The van der Waals surface area contributed by atoms with Gasteiger partial charge in [-0.2, -0.15) is 0 Å². The molecular weight excluding hydrogens is 282 g/mol. The van der Waals surface area contributed by atoms with Crippen LogP contribution in [0.3, 0.4) is 0 Å². The van der Waals surface area contributed by atoms with Crippen molar-refractivity contribution < 1.29 is 0 Å². The van der Waals surface area contributed by atoms with Crippen LogP contribution in [0.5, 0.6) is 0 Å². The van der Waals surface area contributed by atoms with E-state index in [2.05, 4.69) is 31.9 Å². The van der Waals surface area contributed by atoms with E-state index in [1.165, 1.54) is 5.56 Å². The Morgan fingerprint density at radius 1 is 1.08 bits per heavy atom. The smallest absolute Gasteiger partial charge is 0.0336 e. The number of nitrogen functional groups attached to an aromatic ring is 1. The molecule has 0 saturated heterocycles. The first-order chi connectivity index (χ1) is 5.61. The number of hydrogen-bond donors (Lipinski definition) is 1. The van der Waals surface area contributed by atoms with Crippen LogP contribution < -0.4 is 5.73 Å². The Hall–Kier alpha value is -0.0200. The molecule has 0 saturated carbocycles. The molecule has 0 unspecified atom stereocenters. The quantitative estimate of drug-likeness (QED) is 0.716. The minimum absolute atomic E-state index is 0.768. The van der Waals surface area contributed by atoms with Gasteiger partial charge in [0.1, 0.15) is 0 Å². The minimum Gasteiger partial charge on any atom is -0.399 e. The molecule has 68 valence electrons. The summed E-state index contributed by atoms with van der Waals surface area (Å²) in [6.07, 6.45) is 0. The topological polar surface area (TPSA) is 26.0 Å².